The normalized spacial score (nSPS) is 15.6. The molecule has 18 heavy (non-hydrogen) atoms. The molecule has 0 fully saturated rings. The van der Waals surface area contributed by atoms with E-state index in [4.69, 9.17) is 4.74 Å². The summed E-state index contributed by atoms with van der Waals surface area (Å²) in [5, 5.41) is 0. The molecule has 0 aromatic rings. The van der Waals surface area contributed by atoms with Crippen LogP contribution in [-0.4, -0.2) is 24.0 Å². The zero-order valence-corrected chi connectivity index (χ0v) is 12.6. The highest BCUT2D eigenvalue weighted by Gasteiger charge is 2.29. The SMILES string of the molecule is CCCCCOCC/[PH](F)=N/P(F)N(F)P(F)F. The molecule has 0 radical (unpaired) electrons. The minimum Gasteiger partial charge on any atom is -0.381 e. The molecule has 0 bridgehead atoms. The summed E-state index contributed by atoms with van der Waals surface area (Å²) in [5.74, 6) is 0. The van der Waals surface area contributed by atoms with Crippen molar-refractivity contribution in [3.63, 3.8) is 0 Å². The van der Waals surface area contributed by atoms with Crippen molar-refractivity contribution in [2.24, 2.45) is 4.52 Å². The third-order valence-corrected chi connectivity index (χ3v) is 5.31. The first-order valence-corrected chi connectivity index (χ1v) is 9.07. The van der Waals surface area contributed by atoms with Gasteiger partial charge in [0.05, 0.1) is 6.61 Å². The average molecular weight is 332 g/mol. The van der Waals surface area contributed by atoms with E-state index in [9.17, 15) is 21.3 Å². The van der Waals surface area contributed by atoms with Gasteiger partial charge in [0.2, 0.25) is 0 Å². The van der Waals surface area contributed by atoms with E-state index in [1.54, 1.807) is 0 Å². The van der Waals surface area contributed by atoms with Crippen LogP contribution in [0, 0.1) is 0 Å². The fraction of sp³-hybridized carbons (Fsp3) is 1.00. The number of nitrogens with zero attached hydrogens (tertiary/aromatic N) is 2. The van der Waals surface area contributed by atoms with Crippen LogP contribution in [-0.2, 0) is 4.74 Å². The predicted octanol–water partition coefficient (Wildman–Crippen LogP) is 6.02. The van der Waals surface area contributed by atoms with Crippen molar-refractivity contribution in [1.82, 2.24) is 4.66 Å². The lowest BCUT2D eigenvalue weighted by molar-refractivity contribution is 0.145. The number of unbranched alkanes of at least 4 members (excludes halogenated alkanes) is 2. The van der Waals surface area contributed by atoms with Gasteiger partial charge >= 0.3 is 17.2 Å². The molecular formula is C7H16F5N2OP3. The molecular weight excluding hydrogens is 316 g/mol. The van der Waals surface area contributed by atoms with E-state index in [1.807, 2.05) is 6.92 Å². The molecule has 0 saturated heterocycles. The van der Waals surface area contributed by atoms with Crippen LogP contribution in [0.15, 0.2) is 4.52 Å². The molecule has 0 aliphatic heterocycles. The van der Waals surface area contributed by atoms with Crippen LogP contribution in [0.1, 0.15) is 26.2 Å². The third kappa shape index (κ3) is 9.57. The Hall–Kier alpha value is 0.660. The topological polar surface area (TPSA) is 24.8 Å². The first kappa shape index (κ1) is 18.7. The maximum Gasteiger partial charge on any atom is 0.381 e. The van der Waals surface area contributed by atoms with Crippen molar-refractivity contribution in [3.05, 3.63) is 0 Å². The van der Waals surface area contributed by atoms with Crippen molar-refractivity contribution in [2.45, 2.75) is 26.2 Å². The van der Waals surface area contributed by atoms with Gasteiger partial charge in [-0.25, -0.2) is 8.71 Å². The highest BCUT2D eigenvalue weighted by molar-refractivity contribution is 7.65. The number of hydrogen-bond donors (Lipinski definition) is 0. The first-order valence-electron chi connectivity index (χ1n) is 5.33. The molecule has 0 aliphatic rings. The van der Waals surface area contributed by atoms with Crippen LogP contribution < -0.4 is 0 Å². The Morgan fingerprint density at radius 2 is 1.89 bits per heavy atom. The van der Waals surface area contributed by atoms with Gasteiger partial charge < -0.3 is 4.74 Å². The van der Waals surface area contributed by atoms with Gasteiger partial charge in [0, 0.05) is 17.4 Å². The summed E-state index contributed by atoms with van der Waals surface area (Å²) >= 11 is 0. The van der Waals surface area contributed by atoms with E-state index in [0.717, 1.165) is 19.3 Å². The lowest BCUT2D eigenvalue weighted by Crippen LogP contribution is -1.98. The molecule has 0 saturated carbocycles. The molecule has 2 atom stereocenters. The van der Waals surface area contributed by atoms with Gasteiger partial charge in [0.1, 0.15) is 8.02 Å². The molecule has 110 valence electrons. The Morgan fingerprint density at radius 3 is 2.44 bits per heavy atom. The van der Waals surface area contributed by atoms with Crippen molar-refractivity contribution in [1.29, 1.82) is 0 Å². The Morgan fingerprint density at radius 1 is 1.22 bits per heavy atom. The van der Waals surface area contributed by atoms with Gasteiger partial charge in [0.25, 0.3) is 0 Å². The third-order valence-electron chi connectivity index (χ3n) is 1.80. The fourth-order valence-electron chi connectivity index (χ4n) is 0.945. The standard InChI is InChI=1S/C7H16F5N2OP3/c1-2-3-4-5-15-6-7-16(9)13-18(12)14(8)17(10)11/h16H,2-7H2,1H3. The van der Waals surface area contributed by atoms with E-state index in [0.29, 0.717) is 6.61 Å². The lowest BCUT2D eigenvalue weighted by atomic mass is 10.3. The molecule has 0 heterocycles. The Labute approximate surface area is 107 Å². The minimum absolute atomic E-state index is 0.0491. The van der Waals surface area contributed by atoms with Crippen molar-refractivity contribution >= 4 is 25.3 Å². The zero-order valence-electron chi connectivity index (χ0n) is 9.83. The van der Waals surface area contributed by atoms with Gasteiger partial charge in [-0.2, -0.15) is 12.6 Å². The Kier molecular flexibility index (Phi) is 11.9. The summed E-state index contributed by atoms with van der Waals surface area (Å²) in [6.45, 7) is 2.55. The summed E-state index contributed by atoms with van der Waals surface area (Å²) in [4.78, 5) is 0. The monoisotopic (exact) mass is 332 g/mol. The largest absolute Gasteiger partial charge is 0.381 e. The van der Waals surface area contributed by atoms with Crippen molar-refractivity contribution < 1.29 is 26.0 Å². The zero-order chi connectivity index (χ0) is 14.0. The summed E-state index contributed by atoms with van der Waals surface area (Å²) in [6, 6.07) is 0. The molecule has 0 N–H and O–H groups in total. The van der Waals surface area contributed by atoms with Gasteiger partial charge in [-0.3, -0.25) is 0 Å². The van der Waals surface area contributed by atoms with Crippen LogP contribution in [0.4, 0.5) is 21.3 Å². The Balaban J connectivity index is 3.76. The van der Waals surface area contributed by atoms with Gasteiger partial charge in [0.15, 0.2) is 0 Å². The summed E-state index contributed by atoms with van der Waals surface area (Å²) in [5.41, 5.74) is 0. The lowest BCUT2D eigenvalue weighted by Gasteiger charge is -2.09. The highest BCUT2D eigenvalue weighted by atomic mass is 31.3. The van der Waals surface area contributed by atoms with Crippen LogP contribution in [0.2, 0.25) is 0 Å². The second-order valence-electron chi connectivity index (χ2n) is 3.24. The number of halogens is 5. The van der Waals surface area contributed by atoms with Crippen LogP contribution in [0.25, 0.3) is 0 Å². The smallest absolute Gasteiger partial charge is 0.381 e. The van der Waals surface area contributed by atoms with Crippen LogP contribution in [0.5, 0.6) is 0 Å². The van der Waals surface area contributed by atoms with Crippen molar-refractivity contribution in [2.75, 3.05) is 19.4 Å². The predicted molar refractivity (Wildman–Crippen MR) is 67.2 cm³/mol. The maximum atomic E-state index is 13.1. The second kappa shape index (κ2) is 11.5. The fourth-order valence-corrected chi connectivity index (χ4v) is 3.48. The molecule has 0 rings (SSSR count). The van der Waals surface area contributed by atoms with E-state index >= 15 is 0 Å². The summed E-state index contributed by atoms with van der Waals surface area (Å²) in [6.07, 6.45) is 2.72. The van der Waals surface area contributed by atoms with Crippen LogP contribution >= 0.6 is 25.3 Å². The van der Waals surface area contributed by atoms with Gasteiger partial charge in [-0.1, -0.05) is 19.8 Å². The molecule has 0 aromatic carbocycles. The summed E-state index contributed by atoms with van der Waals surface area (Å²) < 4.78 is 68.1. The molecule has 0 aliphatic carbocycles. The molecule has 0 aromatic heterocycles. The van der Waals surface area contributed by atoms with Gasteiger partial charge in [-0.05, 0) is 6.42 Å². The quantitative estimate of drug-likeness (QED) is 0.211. The van der Waals surface area contributed by atoms with Crippen LogP contribution in [0.3, 0.4) is 0 Å². The minimum atomic E-state index is -4.21. The number of ether oxygens (including phenoxy) is 1. The summed E-state index contributed by atoms with van der Waals surface area (Å²) in [7, 11) is -10.8. The van der Waals surface area contributed by atoms with Gasteiger partial charge in [-0.15, -0.1) is 4.48 Å². The molecule has 2 unspecified atom stereocenters. The Bertz CT molecular complexity index is 249. The highest BCUT2D eigenvalue weighted by Crippen LogP contribution is 2.62. The molecule has 11 heteroatoms. The first-order chi connectivity index (χ1) is 8.49. The maximum absolute atomic E-state index is 13.1. The van der Waals surface area contributed by atoms with E-state index < -0.39 is 29.9 Å². The van der Waals surface area contributed by atoms with E-state index in [2.05, 4.69) is 4.52 Å². The van der Waals surface area contributed by atoms with Crippen molar-refractivity contribution in [3.8, 4) is 0 Å². The number of hydrogen-bond acceptors (Lipinski definition) is 3. The molecule has 3 nitrogen and oxygen atoms in total. The average Bonchev–Trinajstić information content (AvgIpc) is 2.32. The molecule has 0 amide bonds. The molecule has 0 spiro atoms. The van der Waals surface area contributed by atoms with E-state index in [-0.39, 0.29) is 12.8 Å². The second-order valence-corrected chi connectivity index (χ2v) is 7.22. The van der Waals surface area contributed by atoms with E-state index in [1.165, 1.54) is 0 Å². The number of rotatable bonds is 10.